The number of nitrogens with zero attached hydrogens (tertiary/aromatic N) is 1. The summed E-state index contributed by atoms with van der Waals surface area (Å²) in [6, 6.07) is 0.389. The van der Waals surface area contributed by atoms with Crippen LogP contribution < -0.4 is 11.1 Å². The molecule has 4 heteroatoms. The van der Waals surface area contributed by atoms with E-state index >= 15 is 0 Å². The highest BCUT2D eigenvalue weighted by molar-refractivity contribution is 5.78. The molecule has 1 rings (SSSR count). The number of hydrogen-bond acceptors (Lipinski definition) is 3. The maximum Gasteiger partial charge on any atom is 0.234 e. The summed E-state index contributed by atoms with van der Waals surface area (Å²) in [5, 5.41) is 3.20. The van der Waals surface area contributed by atoms with Crippen LogP contribution in [0.4, 0.5) is 0 Å². The number of rotatable bonds is 7. The predicted molar refractivity (Wildman–Crippen MR) is 84.5 cm³/mol. The van der Waals surface area contributed by atoms with Gasteiger partial charge in [0.15, 0.2) is 0 Å². The molecule has 0 spiro atoms. The Bertz CT molecular complexity index is 296. The maximum absolute atomic E-state index is 12.2. The summed E-state index contributed by atoms with van der Waals surface area (Å²) >= 11 is 0. The Morgan fingerprint density at radius 2 is 1.90 bits per heavy atom. The largest absolute Gasteiger partial charge is 0.352 e. The van der Waals surface area contributed by atoms with Gasteiger partial charge in [-0.3, -0.25) is 9.69 Å². The number of carbonyl (C=O) groups is 1. The van der Waals surface area contributed by atoms with Crippen molar-refractivity contribution in [1.29, 1.82) is 0 Å². The highest BCUT2D eigenvalue weighted by Gasteiger charge is 2.23. The van der Waals surface area contributed by atoms with Crippen LogP contribution in [0.5, 0.6) is 0 Å². The average Bonchev–Trinajstić information content (AvgIpc) is 2.40. The van der Waals surface area contributed by atoms with E-state index in [1.165, 1.54) is 12.8 Å². The van der Waals surface area contributed by atoms with Crippen molar-refractivity contribution in [2.75, 3.05) is 26.2 Å². The molecule has 0 aromatic heterocycles. The van der Waals surface area contributed by atoms with E-state index in [2.05, 4.69) is 37.9 Å². The van der Waals surface area contributed by atoms with Crippen LogP contribution in [0.2, 0.25) is 0 Å². The lowest BCUT2D eigenvalue weighted by Crippen LogP contribution is -2.46. The van der Waals surface area contributed by atoms with Crippen molar-refractivity contribution < 1.29 is 4.79 Å². The second kappa shape index (κ2) is 7.99. The molecule has 1 aliphatic rings. The molecular formula is C16H33N3O. The molecule has 0 radical (unpaired) electrons. The van der Waals surface area contributed by atoms with Crippen molar-refractivity contribution in [3.05, 3.63) is 0 Å². The molecule has 0 heterocycles. The number of likely N-dealkylation sites (N-methyl/N-ethyl adjacent to an activating group) is 1. The molecule has 0 aromatic carbocycles. The first kappa shape index (κ1) is 17.4. The summed E-state index contributed by atoms with van der Waals surface area (Å²) in [5.41, 5.74) is 5.84. The maximum atomic E-state index is 12.2. The third-order valence-corrected chi connectivity index (χ3v) is 4.40. The van der Waals surface area contributed by atoms with E-state index in [1.807, 2.05) is 0 Å². The first-order chi connectivity index (χ1) is 9.36. The van der Waals surface area contributed by atoms with Crippen LogP contribution in [0, 0.1) is 11.3 Å². The van der Waals surface area contributed by atoms with Gasteiger partial charge in [0.05, 0.1) is 6.54 Å². The van der Waals surface area contributed by atoms with Crippen LogP contribution in [-0.4, -0.2) is 43.0 Å². The first-order valence-corrected chi connectivity index (χ1v) is 8.08. The zero-order chi connectivity index (χ0) is 15.2. The molecule has 20 heavy (non-hydrogen) atoms. The minimum Gasteiger partial charge on any atom is -0.352 e. The van der Waals surface area contributed by atoms with E-state index in [0.717, 1.165) is 31.8 Å². The summed E-state index contributed by atoms with van der Waals surface area (Å²) in [7, 11) is 0. The van der Waals surface area contributed by atoms with Gasteiger partial charge in [0.2, 0.25) is 5.91 Å². The Morgan fingerprint density at radius 3 is 2.40 bits per heavy atom. The zero-order valence-electron chi connectivity index (χ0n) is 13.7. The third-order valence-electron chi connectivity index (χ3n) is 4.40. The monoisotopic (exact) mass is 283 g/mol. The van der Waals surface area contributed by atoms with Crippen molar-refractivity contribution in [2.24, 2.45) is 17.1 Å². The van der Waals surface area contributed by atoms with Crippen molar-refractivity contribution in [2.45, 2.75) is 59.4 Å². The molecule has 4 nitrogen and oxygen atoms in total. The fourth-order valence-electron chi connectivity index (χ4n) is 2.83. The standard InChI is InChI=1S/C16H33N3O/c1-5-19(12-16(3,4)11-17)10-15(20)18-14-8-6-13(2)7-9-14/h13-14H,5-12,17H2,1-4H3,(H,18,20). The topological polar surface area (TPSA) is 58.4 Å². The minimum absolute atomic E-state index is 0.0660. The summed E-state index contributed by atoms with van der Waals surface area (Å²) in [4.78, 5) is 14.3. The minimum atomic E-state index is 0.0660. The van der Waals surface area contributed by atoms with E-state index in [-0.39, 0.29) is 11.3 Å². The van der Waals surface area contributed by atoms with Crippen LogP contribution in [0.25, 0.3) is 0 Å². The van der Waals surface area contributed by atoms with Gasteiger partial charge in [-0.2, -0.15) is 0 Å². The molecule has 1 saturated carbocycles. The molecule has 1 fully saturated rings. The van der Waals surface area contributed by atoms with Gasteiger partial charge in [-0.1, -0.05) is 27.7 Å². The van der Waals surface area contributed by atoms with E-state index in [1.54, 1.807) is 0 Å². The molecule has 0 aliphatic heterocycles. The summed E-state index contributed by atoms with van der Waals surface area (Å²) in [5.74, 6) is 0.986. The van der Waals surface area contributed by atoms with Crippen LogP contribution in [0.1, 0.15) is 53.4 Å². The second-order valence-corrected chi connectivity index (χ2v) is 7.20. The van der Waals surface area contributed by atoms with Crippen LogP contribution >= 0.6 is 0 Å². The lowest BCUT2D eigenvalue weighted by Gasteiger charge is -2.32. The van der Waals surface area contributed by atoms with Crippen LogP contribution in [0.3, 0.4) is 0 Å². The highest BCUT2D eigenvalue weighted by Crippen LogP contribution is 2.23. The van der Waals surface area contributed by atoms with Gasteiger partial charge in [-0.25, -0.2) is 0 Å². The van der Waals surface area contributed by atoms with E-state index in [4.69, 9.17) is 5.73 Å². The number of carbonyl (C=O) groups excluding carboxylic acids is 1. The molecule has 1 aliphatic carbocycles. The normalized spacial score (nSPS) is 23.9. The quantitative estimate of drug-likeness (QED) is 0.751. The fraction of sp³-hybridized carbons (Fsp3) is 0.938. The molecule has 118 valence electrons. The molecule has 0 aromatic rings. The molecule has 3 N–H and O–H groups in total. The highest BCUT2D eigenvalue weighted by atomic mass is 16.2. The Hall–Kier alpha value is -0.610. The molecular weight excluding hydrogens is 250 g/mol. The predicted octanol–water partition coefficient (Wildman–Crippen LogP) is 1.99. The molecule has 0 bridgehead atoms. The van der Waals surface area contributed by atoms with E-state index in [0.29, 0.717) is 19.1 Å². The second-order valence-electron chi connectivity index (χ2n) is 7.20. The van der Waals surface area contributed by atoms with Gasteiger partial charge >= 0.3 is 0 Å². The van der Waals surface area contributed by atoms with Crippen LogP contribution in [-0.2, 0) is 4.79 Å². The lowest BCUT2D eigenvalue weighted by atomic mass is 9.87. The molecule has 0 unspecified atom stereocenters. The molecule has 0 saturated heterocycles. The van der Waals surface area contributed by atoms with Crippen LogP contribution in [0.15, 0.2) is 0 Å². The van der Waals surface area contributed by atoms with Crippen molar-refractivity contribution in [3.8, 4) is 0 Å². The van der Waals surface area contributed by atoms with E-state index < -0.39 is 0 Å². The molecule has 1 amide bonds. The number of nitrogens with one attached hydrogen (secondary N) is 1. The first-order valence-electron chi connectivity index (χ1n) is 8.08. The fourth-order valence-corrected chi connectivity index (χ4v) is 2.83. The zero-order valence-corrected chi connectivity index (χ0v) is 13.7. The van der Waals surface area contributed by atoms with Gasteiger partial charge in [0.1, 0.15) is 0 Å². The summed E-state index contributed by atoms with van der Waals surface area (Å²) in [6.45, 7) is 11.6. The van der Waals surface area contributed by atoms with Gasteiger partial charge in [0.25, 0.3) is 0 Å². The summed E-state index contributed by atoms with van der Waals surface area (Å²) < 4.78 is 0. The van der Waals surface area contributed by atoms with Crippen molar-refractivity contribution in [1.82, 2.24) is 10.2 Å². The van der Waals surface area contributed by atoms with E-state index in [9.17, 15) is 4.79 Å². The average molecular weight is 283 g/mol. The number of amides is 1. The van der Waals surface area contributed by atoms with Gasteiger partial charge in [-0.15, -0.1) is 0 Å². The third kappa shape index (κ3) is 6.23. The smallest absolute Gasteiger partial charge is 0.234 e. The number of nitrogens with two attached hydrogens (primary N) is 1. The summed E-state index contributed by atoms with van der Waals surface area (Å²) in [6.07, 6.45) is 4.74. The Labute approximate surface area is 124 Å². The number of hydrogen-bond donors (Lipinski definition) is 2. The van der Waals surface area contributed by atoms with Crippen molar-refractivity contribution in [3.63, 3.8) is 0 Å². The van der Waals surface area contributed by atoms with Gasteiger partial charge < -0.3 is 11.1 Å². The lowest BCUT2D eigenvalue weighted by molar-refractivity contribution is -0.123. The van der Waals surface area contributed by atoms with Gasteiger partial charge in [0, 0.05) is 12.6 Å². The Kier molecular flexibility index (Phi) is 6.96. The molecule has 0 atom stereocenters. The Balaban J connectivity index is 2.35. The van der Waals surface area contributed by atoms with Gasteiger partial charge in [-0.05, 0) is 50.1 Å². The van der Waals surface area contributed by atoms with Crippen molar-refractivity contribution >= 4 is 5.91 Å². The Morgan fingerprint density at radius 1 is 1.30 bits per heavy atom. The SMILES string of the molecule is CCN(CC(=O)NC1CCC(C)CC1)CC(C)(C)CN.